The summed E-state index contributed by atoms with van der Waals surface area (Å²) in [6.07, 6.45) is 2.57. The van der Waals surface area contributed by atoms with Crippen LogP contribution in [0.5, 0.6) is 5.75 Å². The molecule has 0 aliphatic carbocycles. The van der Waals surface area contributed by atoms with E-state index in [1.165, 1.54) is 34.6 Å². The van der Waals surface area contributed by atoms with E-state index in [-0.39, 0.29) is 27.0 Å². The molecular formula is C25H22ClNO5S. The van der Waals surface area contributed by atoms with Crippen molar-refractivity contribution in [2.75, 3.05) is 13.1 Å². The number of ether oxygens (including phenoxy) is 1. The first-order valence-electron chi connectivity index (χ1n) is 10.6. The van der Waals surface area contributed by atoms with Gasteiger partial charge >= 0.3 is 5.97 Å². The minimum Gasteiger partial charge on any atom is -0.423 e. The average molecular weight is 484 g/mol. The van der Waals surface area contributed by atoms with Crippen LogP contribution in [-0.4, -0.2) is 37.6 Å². The molecule has 0 unspecified atom stereocenters. The van der Waals surface area contributed by atoms with Gasteiger partial charge in [-0.2, -0.15) is 4.31 Å². The van der Waals surface area contributed by atoms with Crippen molar-refractivity contribution in [3.8, 4) is 5.75 Å². The molecule has 170 valence electrons. The Kier molecular flexibility index (Phi) is 6.93. The van der Waals surface area contributed by atoms with Crippen LogP contribution in [0.3, 0.4) is 0 Å². The number of carbonyl (C=O) groups excluding carboxylic acids is 2. The second-order valence-electron chi connectivity index (χ2n) is 7.72. The third-order valence-corrected chi connectivity index (χ3v) is 7.84. The lowest BCUT2D eigenvalue weighted by Crippen LogP contribution is -2.35. The first-order valence-corrected chi connectivity index (χ1v) is 12.4. The molecule has 4 rings (SSSR count). The van der Waals surface area contributed by atoms with Crippen LogP contribution < -0.4 is 4.74 Å². The van der Waals surface area contributed by atoms with Crippen molar-refractivity contribution in [3.63, 3.8) is 0 Å². The maximum absolute atomic E-state index is 13.0. The third-order valence-electron chi connectivity index (χ3n) is 5.46. The lowest BCUT2D eigenvalue weighted by molar-refractivity contribution is 0.0734. The largest absolute Gasteiger partial charge is 0.423 e. The zero-order valence-electron chi connectivity index (χ0n) is 17.7. The number of hydrogen-bond donors (Lipinski definition) is 0. The molecule has 0 spiro atoms. The molecule has 1 saturated heterocycles. The van der Waals surface area contributed by atoms with Crippen LogP contribution in [0.2, 0.25) is 5.02 Å². The van der Waals surface area contributed by atoms with E-state index in [1.807, 2.05) is 6.07 Å². The van der Waals surface area contributed by atoms with E-state index >= 15 is 0 Å². The number of piperidine rings is 1. The number of ketones is 1. The van der Waals surface area contributed by atoms with Crippen molar-refractivity contribution in [3.05, 3.63) is 94.5 Å². The minimum atomic E-state index is -3.81. The van der Waals surface area contributed by atoms with Crippen LogP contribution in [0.1, 0.15) is 45.5 Å². The molecule has 3 aromatic carbocycles. The Morgan fingerprint density at radius 2 is 1.39 bits per heavy atom. The Hall–Kier alpha value is -3.00. The summed E-state index contributed by atoms with van der Waals surface area (Å²) in [6.45, 7) is 0.864. The zero-order chi connectivity index (χ0) is 23.4. The van der Waals surface area contributed by atoms with Gasteiger partial charge in [-0.25, -0.2) is 13.2 Å². The maximum atomic E-state index is 13.0. The molecule has 1 fully saturated rings. The molecule has 33 heavy (non-hydrogen) atoms. The van der Waals surface area contributed by atoms with E-state index in [2.05, 4.69) is 0 Å². The highest BCUT2D eigenvalue weighted by molar-refractivity contribution is 7.89. The van der Waals surface area contributed by atoms with Crippen molar-refractivity contribution >= 4 is 33.4 Å². The smallest absolute Gasteiger partial charge is 0.343 e. The first kappa shape index (κ1) is 23.2. The van der Waals surface area contributed by atoms with Crippen LogP contribution in [-0.2, 0) is 10.0 Å². The molecule has 0 N–H and O–H groups in total. The van der Waals surface area contributed by atoms with E-state index in [4.69, 9.17) is 16.3 Å². The number of esters is 1. The topological polar surface area (TPSA) is 80.8 Å². The summed E-state index contributed by atoms with van der Waals surface area (Å²) >= 11 is 6.17. The fraction of sp³-hybridized carbons (Fsp3) is 0.200. The van der Waals surface area contributed by atoms with Crippen LogP contribution in [0.4, 0.5) is 0 Å². The predicted molar refractivity (Wildman–Crippen MR) is 125 cm³/mol. The van der Waals surface area contributed by atoms with Gasteiger partial charge in [-0.1, -0.05) is 48.4 Å². The second kappa shape index (κ2) is 9.87. The number of halogens is 1. The van der Waals surface area contributed by atoms with Crippen molar-refractivity contribution in [2.24, 2.45) is 0 Å². The van der Waals surface area contributed by atoms with Crippen LogP contribution in [0, 0.1) is 0 Å². The molecule has 3 aromatic rings. The summed E-state index contributed by atoms with van der Waals surface area (Å²) in [5.74, 6) is -0.623. The lowest BCUT2D eigenvalue weighted by Gasteiger charge is -2.26. The van der Waals surface area contributed by atoms with Crippen LogP contribution in [0.25, 0.3) is 0 Å². The summed E-state index contributed by atoms with van der Waals surface area (Å²) in [6, 6.07) is 19.1. The van der Waals surface area contributed by atoms with Gasteiger partial charge in [-0.15, -0.1) is 0 Å². The Morgan fingerprint density at radius 1 is 0.788 bits per heavy atom. The highest BCUT2D eigenvalue weighted by Gasteiger charge is 2.29. The number of sulfonamides is 1. The second-order valence-corrected chi connectivity index (χ2v) is 10.0. The van der Waals surface area contributed by atoms with Gasteiger partial charge in [0.25, 0.3) is 0 Å². The molecule has 0 radical (unpaired) electrons. The van der Waals surface area contributed by atoms with Gasteiger partial charge in [0.2, 0.25) is 10.0 Å². The lowest BCUT2D eigenvalue weighted by atomic mass is 10.0. The third kappa shape index (κ3) is 5.16. The quantitative estimate of drug-likeness (QED) is 0.281. The van der Waals surface area contributed by atoms with Gasteiger partial charge in [0, 0.05) is 24.2 Å². The molecular weight excluding hydrogens is 462 g/mol. The molecule has 0 saturated carbocycles. The van der Waals surface area contributed by atoms with Crippen LogP contribution >= 0.6 is 11.6 Å². The van der Waals surface area contributed by atoms with Crippen molar-refractivity contribution < 1.29 is 22.7 Å². The average Bonchev–Trinajstić information content (AvgIpc) is 2.85. The SMILES string of the molecule is O=C(Oc1ccc(C(=O)c2ccccc2)cc1)c1ccc(Cl)c(S(=O)(=O)N2CCCCC2)c1. The molecule has 1 aliphatic rings. The van der Waals surface area contributed by atoms with Gasteiger partial charge in [-0.05, 0) is 55.3 Å². The molecule has 1 heterocycles. The highest BCUT2D eigenvalue weighted by Crippen LogP contribution is 2.28. The molecule has 0 atom stereocenters. The van der Waals surface area contributed by atoms with E-state index in [0.29, 0.717) is 24.2 Å². The fourth-order valence-electron chi connectivity index (χ4n) is 3.67. The van der Waals surface area contributed by atoms with Gasteiger partial charge in [0.1, 0.15) is 10.6 Å². The van der Waals surface area contributed by atoms with Crippen LogP contribution in [0.15, 0.2) is 77.7 Å². The Morgan fingerprint density at radius 3 is 2.06 bits per heavy atom. The minimum absolute atomic E-state index is 0.0564. The molecule has 0 amide bonds. The van der Waals surface area contributed by atoms with Crippen molar-refractivity contribution in [1.29, 1.82) is 0 Å². The number of hydrogen-bond acceptors (Lipinski definition) is 5. The summed E-state index contributed by atoms with van der Waals surface area (Å²) in [4.78, 5) is 25.1. The fourth-order valence-corrected chi connectivity index (χ4v) is 5.69. The first-order chi connectivity index (χ1) is 15.9. The summed E-state index contributed by atoms with van der Waals surface area (Å²) in [5.41, 5.74) is 1.09. The van der Waals surface area contributed by atoms with E-state index in [9.17, 15) is 18.0 Å². The summed E-state index contributed by atoms with van der Waals surface area (Å²) in [7, 11) is -3.81. The molecule has 1 aliphatic heterocycles. The number of nitrogens with zero attached hydrogens (tertiary/aromatic N) is 1. The van der Waals surface area contributed by atoms with E-state index < -0.39 is 16.0 Å². The molecule has 6 nitrogen and oxygen atoms in total. The standard InChI is InChI=1S/C25H22ClNO5S/c26-22-14-11-20(17-23(22)33(30,31)27-15-5-2-6-16-27)25(29)32-21-12-9-19(10-13-21)24(28)18-7-3-1-4-8-18/h1,3-4,7-14,17H,2,5-6,15-16H2. The normalized spacial score (nSPS) is 14.6. The number of benzene rings is 3. The van der Waals surface area contributed by atoms with Gasteiger partial charge in [0.15, 0.2) is 5.78 Å². The highest BCUT2D eigenvalue weighted by atomic mass is 35.5. The van der Waals surface area contributed by atoms with E-state index in [1.54, 1.807) is 36.4 Å². The predicted octanol–water partition coefficient (Wildman–Crippen LogP) is 4.96. The van der Waals surface area contributed by atoms with E-state index in [0.717, 1.165) is 19.3 Å². The molecule has 8 heteroatoms. The van der Waals surface area contributed by atoms with Gasteiger partial charge in [0.05, 0.1) is 10.6 Å². The summed E-state index contributed by atoms with van der Waals surface area (Å²) < 4.78 is 32.8. The Balaban J connectivity index is 1.51. The number of carbonyl (C=O) groups is 2. The van der Waals surface area contributed by atoms with Gasteiger partial charge < -0.3 is 4.74 Å². The molecule has 0 bridgehead atoms. The van der Waals surface area contributed by atoms with Crippen molar-refractivity contribution in [2.45, 2.75) is 24.2 Å². The van der Waals surface area contributed by atoms with Gasteiger partial charge in [-0.3, -0.25) is 4.79 Å². The Bertz CT molecular complexity index is 1270. The monoisotopic (exact) mass is 483 g/mol. The number of rotatable bonds is 6. The summed E-state index contributed by atoms with van der Waals surface area (Å²) in [5, 5.41) is 0.0564. The Labute approximate surface area is 197 Å². The van der Waals surface area contributed by atoms with Crippen molar-refractivity contribution in [1.82, 2.24) is 4.31 Å². The molecule has 0 aromatic heterocycles. The zero-order valence-corrected chi connectivity index (χ0v) is 19.3. The maximum Gasteiger partial charge on any atom is 0.343 e.